The monoisotopic (exact) mass is 333 g/mol. The van der Waals surface area contributed by atoms with Gasteiger partial charge in [-0.15, -0.1) is 22.7 Å². The molecule has 2 aliphatic heterocycles. The molecule has 4 heterocycles. The van der Waals surface area contributed by atoms with Crippen LogP contribution in [0.3, 0.4) is 0 Å². The summed E-state index contributed by atoms with van der Waals surface area (Å²) in [6.45, 7) is 3.70. The van der Waals surface area contributed by atoms with E-state index >= 15 is 0 Å². The Labute approximate surface area is 138 Å². The number of likely N-dealkylation sites (tertiary alicyclic amines) is 1. The third kappa shape index (κ3) is 2.71. The summed E-state index contributed by atoms with van der Waals surface area (Å²) in [5.74, 6) is 0.182. The van der Waals surface area contributed by atoms with Gasteiger partial charge in [-0.05, 0) is 31.9 Å². The number of aromatic nitrogens is 1. The van der Waals surface area contributed by atoms with Crippen molar-refractivity contribution in [3.05, 3.63) is 27.4 Å². The predicted octanol–water partition coefficient (Wildman–Crippen LogP) is 3.15. The Balaban J connectivity index is 1.52. The molecule has 2 unspecified atom stereocenters. The van der Waals surface area contributed by atoms with Gasteiger partial charge in [0.1, 0.15) is 0 Å². The summed E-state index contributed by atoms with van der Waals surface area (Å²) in [4.78, 5) is 21.2. The second-order valence-corrected chi connectivity index (χ2v) is 8.26. The number of amides is 1. The van der Waals surface area contributed by atoms with Gasteiger partial charge in [0.2, 0.25) is 0 Å². The number of fused-ring (bicyclic) bond motifs is 2. The van der Waals surface area contributed by atoms with E-state index in [4.69, 9.17) is 0 Å². The summed E-state index contributed by atoms with van der Waals surface area (Å²) in [6, 6.07) is 4.94. The predicted molar refractivity (Wildman–Crippen MR) is 90.6 cm³/mol. The number of thiazole rings is 1. The van der Waals surface area contributed by atoms with Crippen LogP contribution in [0.2, 0.25) is 0 Å². The molecule has 0 aliphatic carbocycles. The molecule has 2 saturated heterocycles. The minimum atomic E-state index is 0.182. The molecule has 4 nitrogen and oxygen atoms in total. The first-order valence-corrected chi connectivity index (χ1v) is 9.46. The topological polar surface area (TPSA) is 45.2 Å². The average molecular weight is 333 g/mol. The third-order valence-electron chi connectivity index (χ3n) is 4.43. The number of hydrogen-bond acceptors (Lipinski definition) is 5. The van der Waals surface area contributed by atoms with Crippen LogP contribution in [-0.2, 0) is 0 Å². The van der Waals surface area contributed by atoms with E-state index in [0.29, 0.717) is 12.1 Å². The summed E-state index contributed by atoms with van der Waals surface area (Å²) in [6.07, 6.45) is 3.67. The van der Waals surface area contributed by atoms with Gasteiger partial charge in [0.25, 0.3) is 5.91 Å². The van der Waals surface area contributed by atoms with Gasteiger partial charge in [-0.2, -0.15) is 0 Å². The zero-order chi connectivity index (χ0) is 15.1. The molecule has 0 spiro atoms. The zero-order valence-electron chi connectivity index (χ0n) is 12.5. The summed E-state index contributed by atoms with van der Waals surface area (Å²) in [5.41, 5.74) is 0.990. The molecule has 2 aromatic heterocycles. The molecule has 2 fully saturated rings. The number of hydrogen-bond donors (Lipinski definition) is 1. The van der Waals surface area contributed by atoms with Crippen molar-refractivity contribution >= 4 is 28.6 Å². The second-order valence-electron chi connectivity index (χ2n) is 6.12. The Hall–Kier alpha value is -1.24. The van der Waals surface area contributed by atoms with Crippen LogP contribution in [0.4, 0.5) is 0 Å². The number of aryl methyl sites for hydroxylation is 1. The van der Waals surface area contributed by atoms with Crippen molar-refractivity contribution in [2.75, 3.05) is 13.1 Å². The molecular weight excluding hydrogens is 314 g/mol. The third-order valence-corrected chi connectivity index (χ3v) is 6.30. The Morgan fingerprint density at radius 2 is 2.09 bits per heavy atom. The summed E-state index contributed by atoms with van der Waals surface area (Å²) in [5, 5.41) is 6.75. The highest BCUT2D eigenvalue weighted by Gasteiger charge is 2.32. The Bertz CT molecular complexity index is 681. The molecule has 2 aliphatic rings. The standard InChI is InChI=1S/C16H19N3OS2/c1-10-17-13(9-21-10)14-5-6-15(22-14)16(20)19-7-11-3-2-4-12(8-19)18-11/h5-6,9,11-12,18H,2-4,7-8H2,1H3. The van der Waals surface area contributed by atoms with Gasteiger partial charge in [-0.25, -0.2) is 4.98 Å². The Morgan fingerprint density at radius 3 is 2.77 bits per heavy atom. The summed E-state index contributed by atoms with van der Waals surface area (Å²) in [7, 11) is 0. The van der Waals surface area contributed by atoms with Crippen molar-refractivity contribution in [3.8, 4) is 10.6 Å². The number of rotatable bonds is 2. The average Bonchev–Trinajstić information content (AvgIpc) is 3.14. The highest BCUT2D eigenvalue weighted by molar-refractivity contribution is 7.17. The van der Waals surface area contributed by atoms with Crippen molar-refractivity contribution in [2.24, 2.45) is 0 Å². The van der Waals surface area contributed by atoms with Crippen LogP contribution < -0.4 is 5.32 Å². The van der Waals surface area contributed by atoms with E-state index in [1.807, 2.05) is 24.0 Å². The molecule has 0 aromatic carbocycles. The second kappa shape index (κ2) is 5.76. The van der Waals surface area contributed by atoms with Gasteiger partial charge < -0.3 is 10.2 Å². The van der Waals surface area contributed by atoms with Gasteiger partial charge in [0.05, 0.1) is 20.5 Å². The molecule has 2 bridgehead atoms. The number of piperazine rings is 1. The molecule has 22 heavy (non-hydrogen) atoms. The van der Waals surface area contributed by atoms with Crippen LogP contribution in [0.5, 0.6) is 0 Å². The van der Waals surface area contributed by atoms with Crippen LogP contribution in [0.15, 0.2) is 17.5 Å². The maximum atomic E-state index is 12.8. The van der Waals surface area contributed by atoms with Crippen LogP contribution >= 0.6 is 22.7 Å². The van der Waals surface area contributed by atoms with E-state index in [1.165, 1.54) is 19.3 Å². The van der Waals surface area contributed by atoms with Gasteiger partial charge in [0, 0.05) is 30.6 Å². The molecule has 1 amide bonds. The minimum Gasteiger partial charge on any atom is -0.335 e. The van der Waals surface area contributed by atoms with Crippen LogP contribution in [0.1, 0.15) is 33.9 Å². The summed E-state index contributed by atoms with van der Waals surface area (Å²) < 4.78 is 0. The molecule has 6 heteroatoms. The highest BCUT2D eigenvalue weighted by atomic mass is 32.1. The quantitative estimate of drug-likeness (QED) is 0.918. The molecular formula is C16H19N3OS2. The fourth-order valence-corrected chi connectivity index (χ4v) is 5.02. The number of carbonyl (C=O) groups is 1. The van der Waals surface area contributed by atoms with Crippen molar-refractivity contribution in [1.82, 2.24) is 15.2 Å². The van der Waals surface area contributed by atoms with E-state index in [-0.39, 0.29) is 5.91 Å². The van der Waals surface area contributed by atoms with Crippen molar-refractivity contribution in [2.45, 2.75) is 38.3 Å². The Kier molecular flexibility index (Phi) is 3.76. The minimum absolute atomic E-state index is 0.182. The highest BCUT2D eigenvalue weighted by Crippen LogP contribution is 2.30. The van der Waals surface area contributed by atoms with E-state index in [9.17, 15) is 4.79 Å². The lowest BCUT2D eigenvalue weighted by atomic mass is 9.94. The van der Waals surface area contributed by atoms with E-state index in [0.717, 1.165) is 33.5 Å². The number of thiophene rings is 1. The van der Waals surface area contributed by atoms with E-state index in [2.05, 4.69) is 15.7 Å². The van der Waals surface area contributed by atoms with E-state index in [1.54, 1.807) is 22.7 Å². The molecule has 0 saturated carbocycles. The Morgan fingerprint density at radius 1 is 1.32 bits per heavy atom. The van der Waals surface area contributed by atoms with Gasteiger partial charge in [-0.1, -0.05) is 6.42 Å². The zero-order valence-corrected chi connectivity index (χ0v) is 14.2. The molecule has 2 atom stereocenters. The maximum Gasteiger partial charge on any atom is 0.264 e. The first kappa shape index (κ1) is 14.4. The van der Waals surface area contributed by atoms with Gasteiger partial charge >= 0.3 is 0 Å². The lowest BCUT2D eigenvalue weighted by Crippen LogP contribution is -2.59. The molecule has 2 aromatic rings. The number of nitrogens with zero attached hydrogens (tertiary/aromatic N) is 2. The van der Waals surface area contributed by atoms with Crippen molar-refractivity contribution in [3.63, 3.8) is 0 Å². The number of nitrogens with one attached hydrogen (secondary N) is 1. The number of carbonyl (C=O) groups excluding carboxylic acids is 1. The molecule has 0 radical (unpaired) electrons. The summed E-state index contributed by atoms with van der Waals surface area (Å²) >= 11 is 3.21. The fourth-order valence-electron chi connectivity index (χ4n) is 3.39. The van der Waals surface area contributed by atoms with Crippen molar-refractivity contribution in [1.29, 1.82) is 0 Å². The number of piperidine rings is 1. The molecule has 1 N–H and O–H groups in total. The first-order chi connectivity index (χ1) is 10.7. The fraction of sp³-hybridized carbons (Fsp3) is 0.500. The van der Waals surface area contributed by atoms with Crippen LogP contribution in [0, 0.1) is 6.92 Å². The molecule has 116 valence electrons. The normalized spacial score (nSPS) is 24.5. The lowest BCUT2D eigenvalue weighted by Gasteiger charge is -2.42. The van der Waals surface area contributed by atoms with Crippen LogP contribution in [-0.4, -0.2) is 41.0 Å². The lowest BCUT2D eigenvalue weighted by molar-refractivity contribution is 0.0613. The molecule has 4 rings (SSSR count). The van der Waals surface area contributed by atoms with Crippen LogP contribution in [0.25, 0.3) is 10.6 Å². The van der Waals surface area contributed by atoms with Crippen molar-refractivity contribution < 1.29 is 4.79 Å². The largest absolute Gasteiger partial charge is 0.335 e. The van der Waals surface area contributed by atoms with Gasteiger partial charge in [-0.3, -0.25) is 4.79 Å². The van der Waals surface area contributed by atoms with E-state index < -0.39 is 0 Å². The first-order valence-electron chi connectivity index (χ1n) is 7.77. The smallest absolute Gasteiger partial charge is 0.264 e. The van der Waals surface area contributed by atoms with Gasteiger partial charge in [0.15, 0.2) is 0 Å². The maximum absolute atomic E-state index is 12.8. The SMILES string of the molecule is Cc1nc(-c2ccc(C(=O)N3CC4CCCC(C3)N4)s2)cs1.